The van der Waals surface area contributed by atoms with Gasteiger partial charge in [-0.05, 0) is 67.5 Å². The molecule has 0 atom stereocenters. The predicted molar refractivity (Wildman–Crippen MR) is 148 cm³/mol. The van der Waals surface area contributed by atoms with Gasteiger partial charge in [-0.1, -0.05) is 24.3 Å². The number of nitrogens with zero attached hydrogens (tertiary/aromatic N) is 2. The first-order valence-electron chi connectivity index (χ1n) is 13.7. The molecule has 41 heavy (non-hydrogen) atoms. The number of anilines is 1. The number of hydrogen-bond donors (Lipinski definition) is 1. The highest BCUT2D eigenvalue weighted by Crippen LogP contribution is 2.50. The van der Waals surface area contributed by atoms with E-state index in [4.69, 9.17) is 4.42 Å². The summed E-state index contributed by atoms with van der Waals surface area (Å²) in [6, 6.07) is 16.3. The van der Waals surface area contributed by atoms with E-state index in [0.29, 0.717) is 42.5 Å². The average Bonchev–Trinajstić information content (AvgIpc) is 3.43. The molecule has 1 N–H and O–H groups in total. The average molecular weight is 582 g/mol. The van der Waals surface area contributed by atoms with Gasteiger partial charge in [-0.15, -0.1) is 0 Å². The molecule has 3 aromatic rings. The fourth-order valence-corrected chi connectivity index (χ4v) is 7.39. The van der Waals surface area contributed by atoms with Gasteiger partial charge in [0.15, 0.2) is 11.5 Å². The molecule has 1 aliphatic heterocycles. The first-order valence-corrected chi connectivity index (χ1v) is 15.3. The number of alkyl halides is 2. The first kappa shape index (κ1) is 27.4. The Bertz CT molecular complexity index is 1680. The van der Waals surface area contributed by atoms with Crippen molar-refractivity contribution in [1.82, 2.24) is 5.32 Å². The Morgan fingerprint density at radius 1 is 0.976 bits per heavy atom. The smallest absolute Gasteiger partial charge is 0.287 e. The summed E-state index contributed by atoms with van der Waals surface area (Å²) in [4.78, 5) is 26.7. The molecular formula is C30H29F2N3O5S. The normalized spacial score (nSPS) is 21.7. The number of ketones is 1. The molecule has 0 radical (unpaired) electrons. The van der Waals surface area contributed by atoms with Gasteiger partial charge in [-0.2, -0.15) is 5.26 Å². The lowest BCUT2D eigenvalue weighted by Gasteiger charge is -2.39. The summed E-state index contributed by atoms with van der Waals surface area (Å²) in [5.41, 5.74) is 0.424. The van der Waals surface area contributed by atoms with Crippen LogP contribution >= 0.6 is 0 Å². The minimum absolute atomic E-state index is 0.0438. The first-order chi connectivity index (χ1) is 19.4. The van der Waals surface area contributed by atoms with Gasteiger partial charge in [0.25, 0.3) is 5.91 Å². The van der Waals surface area contributed by atoms with Crippen molar-refractivity contribution in [1.29, 1.82) is 5.26 Å². The number of hydrogen-bond acceptors (Lipinski definition) is 6. The molecule has 1 aromatic heterocycles. The summed E-state index contributed by atoms with van der Waals surface area (Å²) in [6.45, 7) is 0.458. The van der Waals surface area contributed by atoms with E-state index in [2.05, 4.69) is 11.4 Å². The van der Waals surface area contributed by atoms with Crippen LogP contribution in [0.3, 0.4) is 0 Å². The minimum Gasteiger partial charge on any atom is -0.451 e. The molecule has 214 valence electrons. The van der Waals surface area contributed by atoms with Crippen molar-refractivity contribution in [3.8, 4) is 17.2 Å². The highest BCUT2D eigenvalue weighted by atomic mass is 32.2. The maximum Gasteiger partial charge on any atom is 0.287 e. The minimum atomic E-state index is -3.28. The zero-order chi connectivity index (χ0) is 29.0. The fourth-order valence-electron chi connectivity index (χ4n) is 5.82. The van der Waals surface area contributed by atoms with Gasteiger partial charge in [-0.3, -0.25) is 13.9 Å². The number of halogens is 2. The lowest BCUT2D eigenvalue weighted by molar-refractivity contribution is -0.131. The fraction of sp³-hybridized carbons (Fsp3) is 0.433. The van der Waals surface area contributed by atoms with Crippen LogP contribution in [0.5, 0.6) is 0 Å². The summed E-state index contributed by atoms with van der Waals surface area (Å²) in [5.74, 6) is -3.86. The van der Waals surface area contributed by atoms with Crippen LogP contribution in [0.15, 0.2) is 52.9 Å². The Labute approximate surface area is 236 Å². The van der Waals surface area contributed by atoms with Crippen molar-refractivity contribution in [3.05, 3.63) is 54.3 Å². The highest BCUT2D eigenvalue weighted by molar-refractivity contribution is 7.93. The van der Waals surface area contributed by atoms with Gasteiger partial charge in [0.05, 0.1) is 28.5 Å². The molecule has 1 saturated heterocycles. The Hall–Kier alpha value is -3.78. The van der Waals surface area contributed by atoms with E-state index in [0.717, 1.165) is 11.1 Å². The second-order valence-corrected chi connectivity index (χ2v) is 13.5. The molecule has 3 fully saturated rings. The van der Waals surface area contributed by atoms with Crippen molar-refractivity contribution in [3.63, 3.8) is 0 Å². The molecule has 0 bridgehead atoms. The van der Waals surface area contributed by atoms with Gasteiger partial charge >= 0.3 is 0 Å². The monoisotopic (exact) mass is 581 g/mol. The molecule has 6 rings (SSSR count). The van der Waals surface area contributed by atoms with E-state index in [-0.39, 0.29) is 36.6 Å². The van der Waals surface area contributed by atoms with Crippen molar-refractivity contribution in [2.24, 2.45) is 5.41 Å². The van der Waals surface area contributed by atoms with Gasteiger partial charge < -0.3 is 9.73 Å². The number of furan rings is 1. The molecular weight excluding hydrogens is 552 g/mol. The van der Waals surface area contributed by atoms with Crippen molar-refractivity contribution >= 4 is 38.4 Å². The Morgan fingerprint density at radius 2 is 1.66 bits per heavy atom. The van der Waals surface area contributed by atoms with Gasteiger partial charge in [0.2, 0.25) is 15.9 Å². The van der Waals surface area contributed by atoms with E-state index >= 15 is 0 Å². The van der Waals surface area contributed by atoms with Gasteiger partial charge in [0.1, 0.15) is 5.58 Å². The lowest BCUT2D eigenvalue weighted by atomic mass is 9.74. The van der Waals surface area contributed by atoms with E-state index in [1.54, 1.807) is 30.3 Å². The largest absolute Gasteiger partial charge is 0.451 e. The molecule has 0 spiro atoms. The number of nitrogens with one attached hydrogen (secondary N) is 1. The van der Waals surface area contributed by atoms with Crippen LogP contribution in [0.2, 0.25) is 0 Å². The quantitative estimate of drug-likeness (QED) is 0.389. The van der Waals surface area contributed by atoms with Crippen molar-refractivity contribution < 1.29 is 31.2 Å². The molecule has 0 unspecified atom stereocenters. The third-order valence-corrected chi connectivity index (χ3v) is 10.5. The number of amides is 1. The number of benzene rings is 2. The number of carbonyl (C=O) groups is 2. The van der Waals surface area contributed by atoms with Gasteiger partial charge in [-0.25, -0.2) is 17.2 Å². The summed E-state index contributed by atoms with van der Waals surface area (Å²) in [5, 5.41) is 12.8. The van der Waals surface area contributed by atoms with E-state index in [1.807, 2.05) is 18.2 Å². The second-order valence-electron chi connectivity index (χ2n) is 11.5. The van der Waals surface area contributed by atoms with Crippen LogP contribution in [0.25, 0.3) is 22.1 Å². The third kappa shape index (κ3) is 5.21. The summed E-state index contributed by atoms with van der Waals surface area (Å²) in [7, 11) is -3.28. The summed E-state index contributed by atoms with van der Waals surface area (Å²) in [6.07, 6.45) is 0.243. The Kier molecular flexibility index (Phi) is 6.45. The predicted octanol–water partition coefficient (Wildman–Crippen LogP) is 5.58. The SMILES string of the molecule is N#CC1(CC(=O)C2(NC(=O)c3cc4ccc(-c5ccc(N6CCCS6(=O)=O)cc5)cc4o3)CCC(F)(F)CC2)CC1. The van der Waals surface area contributed by atoms with Gasteiger partial charge in [0, 0.05) is 31.2 Å². The Morgan fingerprint density at radius 3 is 2.27 bits per heavy atom. The zero-order valence-corrected chi connectivity index (χ0v) is 23.1. The number of sulfonamides is 1. The van der Waals surface area contributed by atoms with Crippen LogP contribution < -0.4 is 9.62 Å². The van der Waals surface area contributed by atoms with Crippen LogP contribution in [0, 0.1) is 16.7 Å². The number of Topliss-reactive ketones (excluding diaryl/α,β-unsaturated/α-hetero) is 1. The van der Waals surface area contributed by atoms with Crippen LogP contribution in [0.1, 0.15) is 61.9 Å². The molecule has 2 saturated carbocycles. The third-order valence-electron chi connectivity index (χ3n) is 8.64. The highest BCUT2D eigenvalue weighted by Gasteiger charge is 2.53. The standard InChI is InChI=1S/C30H29F2N3O5S/c31-30(32)12-10-29(11-13-30,26(36)18-28(19-33)8-9-28)34-27(37)25-17-22-3-2-21(16-24(22)40-25)20-4-6-23(7-5-20)35-14-1-15-41(35,38)39/h2-7,16-17H,1,8-15,18H2,(H,34,37). The maximum atomic E-state index is 14.0. The molecule has 11 heteroatoms. The molecule has 2 aromatic carbocycles. The molecule has 2 heterocycles. The summed E-state index contributed by atoms with van der Waals surface area (Å²) < 4.78 is 59.7. The van der Waals surface area contributed by atoms with Crippen LogP contribution in [-0.4, -0.2) is 43.9 Å². The van der Waals surface area contributed by atoms with E-state index < -0.39 is 45.6 Å². The van der Waals surface area contributed by atoms with Crippen molar-refractivity contribution in [2.75, 3.05) is 16.6 Å². The lowest BCUT2D eigenvalue weighted by Crippen LogP contribution is -2.58. The Balaban J connectivity index is 1.22. The molecule has 2 aliphatic carbocycles. The van der Waals surface area contributed by atoms with Crippen LogP contribution in [0.4, 0.5) is 14.5 Å². The summed E-state index contributed by atoms with van der Waals surface area (Å²) >= 11 is 0. The second kappa shape index (κ2) is 9.65. The zero-order valence-electron chi connectivity index (χ0n) is 22.3. The maximum absolute atomic E-state index is 14.0. The van der Waals surface area contributed by atoms with E-state index in [9.17, 15) is 32.0 Å². The topological polar surface area (TPSA) is 120 Å². The molecule has 3 aliphatic rings. The van der Waals surface area contributed by atoms with Crippen molar-refractivity contribution in [2.45, 2.75) is 62.8 Å². The molecule has 1 amide bonds. The van der Waals surface area contributed by atoms with Crippen LogP contribution in [-0.2, 0) is 14.8 Å². The number of carbonyl (C=O) groups excluding carboxylic acids is 2. The van der Waals surface area contributed by atoms with E-state index in [1.165, 1.54) is 4.31 Å². The number of nitriles is 1. The number of rotatable bonds is 7. The number of fused-ring (bicyclic) bond motifs is 1. The molecule has 8 nitrogen and oxygen atoms in total.